The number of nitrogens with zero attached hydrogens (tertiary/aromatic N) is 4. The summed E-state index contributed by atoms with van der Waals surface area (Å²) in [7, 11) is 0. The molecule has 2 aromatic rings. The van der Waals surface area contributed by atoms with E-state index in [4.69, 9.17) is 5.10 Å². The van der Waals surface area contributed by atoms with Gasteiger partial charge in [0.05, 0.1) is 0 Å². The number of benzene rings is 1. The average molecular weight is 528 g/mol. The quantitative estimate of drug-likeness (QED) is 0.605. The molecule has 1 aromatic heterocycles. The third-order valence-electron chi connectivity index (χ3n) is 8.66. The van der Waals surface area contributed by atoms with Crippen molar-refractivity contribution in [3.05, 3.63) is 46.3 Å². The summed E-state index contributed by atoms with van der Waals surface area (Å²) in [6, 6.07) is 3.04. The molecule has 3 heterocycles. The standard InChI is InChI=1S/C29H39F2N5O2/c1-19-25(8-7-24(30)27(19)31)34-14-9-21(10-15-34)11-18-36-26-6-4-3-5-23(26)28(33-36)29(38)35-16-12-22(13-17-35)32-20(2)37/h7-8,21-22H,3-6,9-18H2,1-2H3,(H,32,37). The molecule has 0 radical (unpaired) electrons. The maximum absolute atomic E-state index is 14.1. The summed E-state index contributed by atoms with van der Waals surface area (Å²) in [5.74, 6) is -1.01. The molecule has 2 amide bonds. The van der Waals surface area contributed by atoms with Gasteiger partial charge in [0, 0.05) is 68.2 Å². The molecule has 206 valence electrons. The number of likely N-dealkylation sites (tertiary alicyclic amines) is 1. The Kier molecular flexibility index (Phi) is 8.00. The number of fused-ring (bicyclic) bond motifs is 1. The van der Waals surface area contributed by atoms with Crippen LogP contribution in [0.2, 0.25) is 0 Å². The van der Waals surface area contributed by atoms with Crippen molar-refractivity contribution in [2.75, 3.05) is 31.1 Å². The zero-order valence-electron chi connectivity index (χ0n) is 22.6. The van der Waals surface area contributed by atoms with Crippen LogP contribution in [0.4, 0.5) is 14.5 Å². The van der Waals surface area contributed by atoms with Crippen LogP contribution < -0.4 is 10.2 Å². The van der Waals surface area contributed by atoms with Crippen molar-refractivity contribution in [1.82, 2.24) is 20.0 Å². The highest BCUT2D eigenvalue weighted by Crippen LogP contribution is 2.31. The van der Waals surface area contributed by atoms with E-state index in [9.17, 15) is 18.4 Å². The van der Waals surface area contributed by atoms with E-state index in [0.717, 1.165) is 88.7 Å². The minimum Gasteiger partial charge on any atom is -0.371 e. The molecular weight excluding hydrogens is 488 g/mol. The fourth-order valence-corrected chi connectivity index (χ4v) is 6.44. The molecule has 0 saturated carbocycles. The maximum atomic E-state index is 14.1. The summed E-state index contributed by atoms with van der Waals surface area (Å²) in [6.07, 6.45) is 8.63. The average Bonchev–Trinajstić information content (AvgIpc) is 3.29. The van der Waals surface area contributed by atoms with Crippen LogP contribution in [-0.4, -0.2) is 58.7 Å². The summed E-state index contributed by atoms with van der Waals surface area (Å²) in [6.45, 7) is 6.91. The van der Waals surface area contributed by atoms with E-state index in [0.29, 0.717) is 30.3 Å². The first-order valence-electron chi connectivity index (χ1n) is 14.2. The summed E-state index contributed by atoms with van der Waals surface area (Å²) >= 11 is 0. The van der Waals surface area contributed by atoms with Crippen molar-refractivity contribution in [3.63, 3.8) is 0 Å². The van der Waals surface area contributed by atoms with Gasteiger partial charge in [-0.3, -0.25) is 14.3 Å². The second-order valence-electron chi connectivity index (χ2n) is 11.2. The van der Waals surface area contributed by atoms with E-state index in [2.05, 4.69) is 14.9 Å². The molecule has 9 heteroatoms. The van der Waals surface area contributed by atoms with Crippen LogP contribution in [-0.2, 0) is 24.2 Å². The number of halogens is 2. The zero-order valence-corrected chi connectivity index (χ0v) is 22.6. The topological polar surface area (TPSA) is 70.5 Å². The molecule has 1 N–H and O–H groups in total. The van der Waals surface area contributed by atoms with Crippen molar-refractivity contribution >= 4 is 17.5 Å². The van der Waals surface area contributed by atoms with E-state index >= 15 is 0 Å². The Morgan fingerprint density at radius 3 is 2.45 bits per heavy atom. The van der Waals surface area contributed by atoms with Gasteiger partial charge in [0.25, 0.3) is 5.91 Å². The summed E-state index contributed by atoms with van der Waals surface area (Å²) in [5, 5.41) is 7.85. The molecule has 3 aliphatic rings. The normalized spacial score (nSPS) is 18.9. The molecule has 5 rings (SSSR count). The highest BCUT2D eigenvalue weighted by atomic mass is 19.2. The van der Waals surface area contributed by atoms with Gasteiger partial charge in [-0.05, 0) is 82.8 Å². The van der Waals surface area contributed by atoms with Gasteiger partial charge in [-0.1, -0.05) is 0 Å². The lowest BCUT2D eigenvalue weighted by molar-refractivity contribution is -0.119. The molecule has 2 fully saturated rings. The number of aromatic nitrogens is 2. The van der Waals surface area contributed by atoms with E-state index < -0.39 is 11.6 Å². The Labute approximate surface area is 223 Å². The Morgan fingerprint density at radius 1 is 1.03 bits per heavy atom. The molecular formula is C29H39F2N5O2. The molecule has 2 saturated heterocycles. The number of carbonyl (C=O) groups excluding carboxylic acids is 2. The molecule has 0 bridgehead atoms. The van der Waals surface area contributed by atoms with Gasteiger partial charge < -0.3 is 15.1 Å². The number of anilines is 1. The molecule has 0 unspecified atom stereocenters. The summed E-state index contributed by atoms with van der Waals surface area (Å²) in [4.78, 5) is 28.9. The van der Waals surface area contributed by atoms with Crippen LogP contribution >= 0.6 is 0 Å². The molecule has 0 spiro atoms. The van der Waals surface area contributed by atoms with Gasteiger partial charge in [0.1, 0.15) is 0 Å². The van der Waals surface area contributed by atoms with Gasteiger partial charge in [-0.25, -0.2) is 8.78 Å². The smallest absolute Gasteiger partial charge is 0.274 e. The first-order valence-corrected chi connectivity index (χ1v) is 14.2. The molecule has 7 nitrogen and oxygen atoms in total. The minimum absolute atomic E-state index is 0.0206. The van der Waals surface area contributed by atoms with Crippen molar-refractivity contribution < 1.29 is 18.4 Å². The van der Waals surface area contributed by atoms with Crippen molar-refractivity contribution in [2.24, 2.45) is 5.92 Å². The van der Waals surface area contributed by atoms with Crippen molar-refractivity contribution in [1.29, 1.82) is 0 Å². The number of hydrogen-bond acceptors (Lipinski definition) is 4. The third kappa shape index (κ3) is 5.57. The van der Waals surface area contributed by atoms with Gasteiger partial charge in [0.15, 0.2) is 17.3 Å². The van der Waals surface area contributed by atoms with Gasteiger partial charge in [0.2, 0.25) is 5.91 Å². The Balaban J connectivity index is 1.20. The first kappa shape index (κ1) is 26.6. The van der Waals surface area contributed by atoms with Crippen LogP contribution in [0, 0.1) is 24.5 Å². The van der Waals surface area contributed by atoms with Crippen LogP contribution in [0.25, 0.3) is 0 Å². The number of hydrogen-bond donors (Lipinski definition) is 1. The molecule has 38 heavy (non-hydrogen) atoms. The van der Waals surface area contributed by atoms with E-state index in [1.54, 1.807) is 13.0 Å². The lowest BCUT2D eigenvalue weighted by atomic mass is 9.92. The van der Waals surface area contributed by atoms with Gasteiger partial charge in [-0.2, -0.15) is 5.10 Å². The second kappa shape index (κ2) is 11.4. The number of amides is 2. The number of carbonyl (C=O) groups is 2. The summed E-state index contributed by atoms with van der Waals surface area (Å²) < 4.78 is 29.7. The van der Waals surface area contributed by atoms with Crippen LogP contribution in [0.5, 0.6) is 0 Å². The zero-order chi connectivity index (χ0) is 26.8. The number of rotatable bonds is 6. The third-order valence-corrected chi connectivity index (χ3v) is 8.66. The van der Waals surface area contributed by atoms with E-state index in [-0.39, 0.29) is 17.9 Å². The van der Waals surface area contributed by atoms with Crippen LogP contribution in [0.15, 0.2) is 12.1 Å². The number of nitrogens with one attached hydrogen (secondary N) is 1. The van der Waals surface area contributed by atoms with Gasteiger partial charge in [-0.15, -0.1) is 0 Å². The SMILES string of the molecule is CC(=O)NC1CCN(C(=O)c2nn(CCC3CCN(c4ccc(F)c(F)c4C)CC3)c3c2CCCC3)CC1. The molecule has 1 aliphatic carbocycles. The van der Waals surface area contributed by atoms with Crippen molar-refractivity contribution in [3.8, 4) is 0 Å². The maximum Gasteiger partial charge on any atom is 0.274 e. The van der Waals surface area contributed by atoms with E-state index in [1.807, 2.05) is 4.90 Å². The van der Waals surface area contributed by atoms with Crippen molar-refractivity contribution in [2.45, 2.75) is 84.2 Å². The lowest BCUT2D eigenvalue weighted by Gasteiger charge is -2.34. The highest BCUT2D eigenvalue weighted by molar-refractivity contribution is 5.94. The number of piperidine rings is 2. The molecule has 0 atom stereocenters. The Morgan fingerprint density at radius 2 is 1.74 bits per heavy atom. The predicted molar refractivity (Wildman–Crippen MR) is 142 cm³/mol. The predicted octanol–water partition coefficient (Wildman–Crippen LogP) is 4.40. The van der Waals surface area contributed by atoms with Crippen LogP contribution in [0.1, 0.15) is 79.2 Å². The minimum atomic E-state index is -0.795. The first-order chi connectivity index (χ1) is 18.3. The fraction of sp³-hybridized carbons (Fsp3) is 0.621. The summed E-state index contributed by atoms with van der Waals surface area (Å²) in [5.41, 5.74) is 4.15. The second-order valence-corrected chi connectivity index (χ2v) is 11.2. The monoisotopic (exact) mass is 527 g/mol. The van der Waals surface area contributed by atoms with Crippen LogP contribution in [0.3, 0.4) is 0 Å². The fourth-order valence-electron chi connectivity index (χ4n) is 6.44. The highest BCUT2D eigenvalue weighted by Gasteiger charge is 2.31. The van der Waals surface area contributed by atoms with E-state index in [1.165, 1.54) is 18.7 Å². The lowest BCUT2D eigenvalue weighted by Crippen LogP contribution is -2.46. The number of aryl methyl sites for hydroxylation is 1. The Bertz CT molecular complexity index is 1180. The molecule has 1 aromatic carbocycles. The largest absolute Gasteiger partial charge is 0.371 e. The van der Waals surface area contributed by atoms with Gasteiger partial charge >= 0.3 is 0 Å². The molecule has 2 aliphatic heterocycles. The Hall–Kier alpha value is -2.97.